The number of anilines is 1. The van der Waals surface area contributed by atoms with Gasteiger partial charge in [-0.15, -0.1) is 23.4 Å². The van der Waals surface area contributed by atoms with E-state index in [4.69, 9.17) is 0 Å². The molecule has 4 rings (SSSR count). The summed E-state index contributed by atoms with van der Waals surface area (Å²) in [5.74, 6) is -2.42. The van der Waals surface area contributed by atoms with Crippen LogP contribution in [0.25, 0.3) is 0 Å². The van der Waals surface area contributed by atoms with Crippen molar-refractivity contribution in [3.63, 3.8) is 0 Å². The number of aromatic nitrogens is 7. The van der Waals surface area contributed by atoms with Crippen LogP contribution in [-0.2, 0) is 30.8 Å². The van der Waals surface area contributed by atoms with E-state index in [1.54, 1.807) is 17.1 Å². The lowest BCUT2D eigenvalue weighted by Crippen LogP contribution is -2.23. The molecule has 2 amide bonds. The predicted molar refractivity (Wildman–Crippen MR) is 135 cm³/mol. The van der Waals surface area contributed by atoms with Crippen molar-refractivity contribution in [3.05, 3.63) is 77.3 Å². The number of ether oxygens (including phenoxy) is 1. The van der Waals surface area contributed by atoms with Crippen LogP contribution in [0.15, 0.2) is 48.9 Å². The average Bonchev–Trinajstić information content (AvgIpc) is 3.57. The van der Waals surface area contributed by atoms with Crippen LogP contribution in [0.4, 0.5) is 23.4 Å². The molecule has 0 fully saturated rings. The number of benzene rings is 1. The molecule has 1 aromatic carbocycles. The first-order chi connectivity index (χ1) is 19.5. The number of pyridine rings is 1. The molecule has 12 nitrogen and oxygen atoms in total. The second-order valence-corrected chi connectivity index (χ2v) is 8.96. The SMILES string of the molecule is Cc1ccc(CNC(=O)c2cn(CCCCn3cc(NC(=O)Cc4cc(OC(F)(F)F)ccc4F)nn3)nn2)cn1. The van der Waals surface area contributed by atoms with E-state index in [2.05, 4.69) is 41.0 Å². The van der Waals surface area contributed by atoms with Gasteiger partial charge in [0.25, 0.3) is 5.91 Å². The number of unbranched alkanes of at least 4 members (excludes halogenated alkanes) is 1. The van der Waals surface area contributed by atoms with Crippen molar-refractivity contribution in [2.24, 2.45) is 0 Å². The smallest absolute Gasteiger partial charge is 0.406 e. The minimum atomic E-state index is -4.94. The first-order valence-electron chi connectivity index (χ1n) is 12.4. The third-order valence-electron chi connectivity index (χ3n) is 5.63. The Hall–Kier alpha value is -4.89. The van der Waals surface area contributed by atoms with Gasteiger partial charge in [0.05, 0.1) is 18.8 Å². The maximum absolute atomic E-state index is 14.0. The molecule has 0 bridgehead atoms. The molecule has 2 N–H and O–H groups in total. The van der Waals surface area contributed by atoms with Crippen LogP contribution >= 0.6 is 0 Å². The van der Waals surface area contributed by atoms with Gasteiger partial charge in [-0.3, -0.25) is 23.9 Å². The molecule has 3 heterocycles. The molecular weight excluding hydrogens is 550 g/mol. The number of halogens is 4. The summed E-state index contributed by atoms with van der Waals surface area (Å²) in [5.41, 5.74) is 1.68. The Morgan fingerprint density at radius 3 is 2.44 bits per heavy atom. The quantitative estimate of drug-likeness (QED) is 0.194. The fourth-order valence-electron chi connectivity index (χ4n) is 3.64. The molecule has 0 atom stereocenters. The van der Waals surface area contributed by atoms with Gasteiger partial charge in [0.1, 0.15) is 11.6 Å². The number of hydrogen-bond donors (Lipinski definition) is 2. The molecule has 0 aliphatic heterocycles. The Kier molecular flexibility index (Phi) is 9.21. The van der Waals surface area contributed by atoms with Crippen molar-refractivity contribution < 1.29 is 31.9 Å². The number of carbonyl (C=O) groups excluding carboxylic acids is 2. The zero-order valence-corrected chi connectivity index (χ0v) is 21.7. The van der Waals surface area contributed by atoms with Crippen molar-refractivity contribution >= 4 is 17.6 Å². The lowest BCUT2D eigenvalue weighted by Gasteiger charge is -2.10. The molecule has 41 heavy (non-hydrogen) atoms. The minimum absolute atomic E-state index is 0.103. The van der Waals surface area contributed by atoms with Gasteiger partial charge >= 0.3 is 6.36 Å². The van der Waals surface area contributed by atoms with Crippen molar-refractivity contribution in [2.45, 2.75) is 52.2 Å². The van der Waals surface area contributed by atoms with E-state index in [-0.39, 0.29) is 23.0 Å². The Morgan fingerprint density at radius 2 is 1.73 bits per heavy atom. The Morgan fingerprint density at radius 1 is 1.00 bits per heavy atom. The van der Waals surface area contributed by atoms with E-state index in [1.165, 1.54) is 10.9 Å². The number of alkyl halides is 3. The lowest BCUT2D eigenvalue weighted by atomic mass is 10.1. The second-order valence-electron chi connectivity index (χ2n) is 8.96. The summed E-state index contributed by atoms with van der Waals surface area (Å²) in [6.45, 7) is 3.16. The predicted octanol–water partition coefficient (Wildman–Crippen LogP) is 3.20. The molecule has 4 aromatic rings. The monoisotopic (exact) mass is 575 g/mol. The summed E-state index contributed by atoms with van der Waals surface area (Å²) < 4.78 is 58.0. The Bertz CT molecular complexity index is 1490. The Balaban J connectivity index is 1.18. The molecule has 0 unspecified atom stereocenters. The van der Waals surface area contributed by atoms with E-state index in [0.29, 0.717) is 32.5 Å². The van der Waals surface area contributed by atoms with Gasteiger partial charge in [-0.25, -0.2) is 4.39 Å². The third-order valence-corrected chi connectivity index (χ3v) is 5.63. The fraction of sp³-hybridized carbons (Fsp3) is 0.320. The van der Waals surface area contributed by atoms with Gasteiger partial charge in [0.15, 0.2) is 11.5 Å². The third kappa shape index (κ3) is 9.08. The van der Waals surface area contributed by atoms with E-state index in [1.807, 2.05) is 19.1 Å². The largest absolute Gasteiger partial charge is 0.573 e. The Labute approximate surface area is 230 Å². The lowest BCUT2D eigenvalue weighted by molar-refractivity contribution is -0.274. The standard InChI is InChI=1S/C25H25F4N9O3/c1-16-4-5-17(12-30-16)13-31-24(40)21-14-37(35-33-21)8-2-3-9-38-15-22(34-36-38)32-23(39)11-18-10-19(6-7-20(18)26)41-25(27,28)29/h4-7,10,12,14-15H,2-3,8-9,11,13H2,1H3,(H,31,40)(H,32,39). The van der Waals surface area contributed by atoms with Crippen molar-refractivity contribution in [1.82, 2.24) is 40.3 Å². The van der Waals surface area contributed by atoms with Gasteiger partial charge in [-0.1, -0.05) is 16.5 Å². The minimum Gasteiger partial charge on any atom is -0.406 e. The summed E-state index contributed by atoms with van der Waals surface area (Å²) in [5, 5.41) is 20.8. The van der Waals surface area contributed by atoms with Gasteiger partial charge < -0.3 is 15.4 Å². The van der Waals surface area contributed by atoms with Crippen LogP contribution in [-0.4, -0.2) is 53.1 Å². The maximum atomic E-state index is 14.0. The highest BCUT2D eigenvalue weighted by Crippen LogP contribution is 2.25. The van der Waals surface area contributed by atoms with Crippen LogP contribution in [0.2, 0.25) is 0 Å². The molecular formula is C25H25F4N9O3. The van der Waals surface area contributed by atoms with Gasteiger partial charge in [0, 0.05) is 37.1 Å². The first-order valence-corrected chi connectivity index (χ1v) is 12.4. The molecule has 0 saturated carbocycles. The normalized spacial score (nSPS) is 11.3. The molecule has 0 aliphatic rings. The van der Waals surface area contributed by atoms with Crippen LogP contribution in [0.5, 0.6) is 5.75 Å². The number of aryl methyl sites for hydroxylation is 3. The van der Waals surface area contributed by atoms with Gasteiger partial charge in [-0.05, 0) is 49.6 Å². The number of nitrogens with one attached hydrogen (secondary N) is 2. The van der Waals surface area contributed by atoms with Crippen molar-refractivity contribution in [2.75, 3.05) is 5.32 Å². The molecule has 16 heteroatoms. The van der Waals surface area contributed by atoms with Gasteiger partial charge in [-0.2, -0.15) is 0 Å². The van der Waals surface area contributed by atoms with E-state index in [0.717, 1.165) is 29.5 Å². The van der Waals surface area contributed by atoms with Crippen LogP contribution < -0.4 is 15.4 Å². The molecule has 0 spiro atoms. The fourth-order valence-corrected chi connectivity index (χ4v) is 3.64. The summed E-state index contributed by atoms with van der Waals surface area (Å²) >= 11 is 0. The average molecular weight is 576 g/mol. The number of carbonyl (C=O) groups is 2. The highest BCUT2D eigenvalue weighted by Gasteiger charge is 2.31. The molecule has 0 radical (unpaired) electrons. The highest BCUT2D eigenvalue weighted by molar-refractivity contribution is 5.92. The summed E-state index contributed by atoms with van der Waals surface area (Å²) in [6, 6.07) is 6.17. The van der Waals surface area contributed by atoms with Crippen molar-refractivity contribution in [3.8, 4) is 5.75 Å². The number of rotatable bonds is 12. The maximum Gasteiger partial charge on any atom is 0.573 e. The van der Waals surface area contributed by atoms with E-state index in [9.17, 15) is 27.2 Å². The van der Waals surface area contributed by atoms with Crippen molar-refractivity contribution in [1.29, 1.82) is 0 Å². The summed E-state index contributed by atoms with van der Waals surface area (Å²) in [4.78, 5) is 28.8. The second kappa shape index (κ2) is 13.0. The topological polar surface area (TPSA) is 142 Å². The molecule has 3 aromatic heterocycles. The van der Waals surface area contributed by atoms with E-state index >= 15 is 0 Å². The zero-order valence-electron chi connectivity index (χ0n) is 21.7. The number of hydrogen-bond acceptors (Lipinski definition) is 8. The first kappa shape index (κ1) is 29.1. The van der Waals surface area contributed by atoms with Crippen LogP contribution in [0.1, 0.15) is 40.2 Å². The summed E-state index contributed by atoms with van der Waals surface area (Å²) in [7, 11) is 0. The zero-order chi connectivity index (χ0) is 29.4. The molecule has 0 aliphatic carbocycles. The van der Waals surface area contributed by atoms with Crippen LogP contribution in [0, 0.1) is 12.7 Å². The molecule has 0 saturated heterocycles. The van der Waals surface area contributed by atoms with E-state index < -0.39 is 30.3 Å². The number of amides is 2. The number of nitrogens with zero attached hydrogens (tertiary/aromatic N) is 7. The summed E-state index contributed by atoms with van der Waals surface area (Å²) in [6.07, 6.45) is 0.588. The van der Waals surface area contributed by atoms with Crippen LogP contribution in [0.3, 0.4) is 0 Å². The van der Waals surface area contributed by atoms with Gasteiger partial charge in [0.2, 0.25) is 5.91 Å². The molecule has 216 valence electrons. The highest BCUT2D eigenvalue weighted by atomic mass is 19.4.